The molecular formula is C21H26O7S. The fraction of sp³-hybridized carbons (Fsp3) is 0.333. The van der Waals surface area contributed by atoms with Crippen molar-refractivity contribution in [3.8, 4) is 11.5 Å². The van der Waals surface area contributed by atoms with Gasteiger partial charge >= 0.3 is 0 Å². The number of benzene rings is 2. The summed E-state index contributed by atoms with van der Waals surface area (Å²) in [6.07, 6.45) is 2.77. The van der Waals surface area contributed by atoms with Crippen LogP contribution in [0.1, 0.15) is 30.1 Å². The van der Waals surface area contributed by atoms with Gasteiger partial charge in [-0.25, -0.2) is 0 Å². The monoisotopic (exact) mass is 422 g/mol. The predicted molar refractivity (Wildman–Crippen MR) is 110 cm³/mol. The molecule has 158 valence electrons. The average Bonchev–Trinajstić information content (AvgIpc) is 2.69. The van der Waals surface area contributed by atoms with Gasteiger partial charge < -0.3 is 20.1 Å². The average molecular weight is 422 g/mol. The second-order valence-electron chi connectivity index (χ2n) is 6.59. The molecule has 0 fully saturated rings. The minimum atomic E-state index is -4.24. The molecule has 2 aromatic carbocycles. The Morgan fingerprint density at radius 3 is 2.28 bits per heavy atom. The van der Waals surface area contributed by atoms with Crippen LogP contribution in [0.2, 0.25) is 0 Å². The molecule has 0 amide bonds. The molecule has 0 radical (unpaired) electrons. The predicted octanol–water partition coefficient (Wildman–Crippen LogP) is 2.63. The molecule has 4 N–H and O–H groups in total. The fourth-order valence-electron chi connectivity index (χ4n) is 2.77. The Bertz CT molecular complexity index is 874. The van der Waals surface area contributed by atoms with Crippen LogP contribution in [-0.4, -0.2) is 46.8 Å². The summed E-state index contributed by atoms with van der Waals surface area (Å²) in [5.74, 6) is 0.699. The normalized spacial score (nSPS) is 14.0. The van der Waals surface area contributed by atoms with Gasteiger partial charge in [-0.05, 0) is 54.7 Å². The molecule has 2 unspecified atom stereocenters. The quantitative estimate of drug-likeness (QED) is 0.324. The van der Waals surface area contributed by atoms with E-state index >= 15 is 0 Å². The topological polar surface area (TPSA) is 124 Å². The molecule has 0 aliphatic heterocycles. The largest absolute Gasteiger partial charge is 0.508 e. The Balaban J connectivity index is 1.93. The van der Waals surface area contributed by atoms with Gasteiger partial charge in [-0.15, -0.1) is 0 Å². The van der Waals surface area contributed by atoms with Crippen LogP contribution in [0.25, 0.3) is 0 Å². The second-order valence-corrected chi connectivity index (χ2v) is 8.29. The Morgan fingerprint density at radius 1 is 1.03 bits per heavy atom. The van der Waals surface area contributed by atoms with Gasteiger partial charge in [0.1, 0.15) is 18.1 Å². The van der Waals surface area contributed by atoms with Crippen LogP contribution in [-0.2, 0) is 16.5 Å². The number of aromatic hydroxyl groups is 1. The summed E-state index contributed by atoms with van der Waals surface area (Å²) in [5.41, 5.74) is 1.45. The van der Waals surface area contributed by atoms with E-state index in [-0.39, 0.29) is 31.8 Å². The highest BCUT2D eigenvalue weighted by atomic mass is 32.2. The van der Waals surface area contributed by atoms with Crippen molar-refractivity contribution in [1.82, 2.24) is 0 Å². The lowest BCUT2D eigenvalue weighted by atomic mass is 10.1. The maximum absolute atomic E-state index is 11.7. The van der Waals surface area contributed by atoms with Crippen LogP contribution < -0.4 is 4.74 Å². The third-order valence-corrected chi connectivity index (χ3v) is 5.68. The van der Waals surface area contributed by atoms with Gasteiger partial charge in [0.05, 0.1) is 18.0 Å². The van der Waals surface area contributed by atoms with Crippen molar-refractivity contribution >= 4 is 10.1 Å². The first-order valence-electron chi connectivity index (χ1n) is 9.22. The van der Waals surface area contributed by atoms with E-state index in [0.717, 1.165) is 5.56 Å². The van der Waals surface area contributed by atoms with Crippen LogP contribution in [0.4, 0.5) is 0 Å². The number of allylic oxidation sites excluding steroid dienone is 1. The zero-order valence-corrected chi connectivity index (χ0v) is 16.7. The Kier molecular flexibility index (Phi) is 8.66. The first kappa shape index (κ1) is 22.9. The SMILES string of the molecule is O=S(=O)(O)C(CC=CC(O)c1ccc(O)cc1)CCc1ccc(OCCO)cc1. The van der Waals surface area contributed by atoms with Gasteiger partial charge in [0.15, 0.2) is 0 Å². The number of phenols is 1. The Labute approximate surface area is 170 Å². The Hall–Kier alpha value is -2.39. The van der Waals surface area contributed by atoms with Gasteiger partial charge in [0.25, 0.3) is 10.1 Å². The minimum absolute atomic E-state index is 0.0612. The summed E-state index contributed by atoms with van der Waals surface area (Å²) >= 11 is 0. The third-order valence-electron chi connectivity index (χ3n) is 4.41. The number of hydrogen-bond donors (Lipinski definition) is 4. The molecule has 0 heterocycles. The zero-order chi connectivity index (χ0) is 21.3. The second kappa shape index (κ2) is 11.0. The standard InChI is InChI=1S/C21H26O7S/c22-14-15-28-19-11-4-16(5-12-19)6-13-20(29(25,26)27)2-1-3-21(24)17-7-9-18(23)10-8-17/h1,3-5,7-12,20-24H,2,6,13-15H2,(H,25,26,27). The molecule has 29 heavy (non-hydrogen) atoms. The van der Waals surface area contributed by atoms with Gasteiger partial charge in [-0.3, -0.25) is 4.55 Å². The van der Waals surface area contributed by atoms with Crippen molar-refractivity contribution in [3.05, 3.63) is 71.8 Å². The molecule has 2 atom stereocenters. The Morgan fingerprint density at radius 2 is 1.69 bits per heavy atom. The molecule has 0 saturated heterocycles. The molecule has 8 heteroatoms. The lowest BCUT2D eigenvalue weighted by Gasteiger charge is -2.13. The van der Waals surface area contributed by atoms with Crippen LogP contribution >= 0.6 is 0 Å². The van der Waals surface area contributed by atoms with E-state index < -0.39 is 21.5 Å². The maximum Gasteiger partial charge on any atom is 0.268 e. The summed E-state index contributed by atoms with van der Waals surface area (Å²) in [6, 6.07) is 13.1. The number of rotatable bonds is 11. The first-order valence-corrected chi connectivity index (χ1v) is 10.7. The molecule has 0 bridgehead atoms. The fourth-order valence-corrected chi connectivity index (χ4v) is 3.54. The first-order chi connectivity index (χ1) is 13.8. The van der Waals surface area contributed by atoms with Gasteiger partial charge in [0, 0.05) is 0 Å². The molecule has 0 aliphatic carbocycles. The summed E-state index contributed by atoms with van der Waals surface area (Å²) in [7, 11) is -4.24. The van der Waals surface area contributed by atoms with Crippen molar-refractivity contribution in [2.45, 2.75) is 30.6 Å². The van der Waals surface area contributed by atoms with E-state index in [0.29, 0.717) is 17.7 Å². The molecule has 2 aromatic rings. The smallest absolute Gasteiger partial charge is 0.268 e. The maximum atomic E-state index is 11.7. The van der Waals surface area contributed by atoms with Gasteiger partial charge in [0.2, 0.25) is 0 Å². The minimum Gasteiger partial charge on any atom is -0.508 e. The number of aryl methyl sites for hydroxylation is 1. The van der Waals surface area contributed by atoms with Crippen LogP contribution in [0.5, 0.6) is 11.5 Å². The number of hydrogen-bond acceptors (Lipinski definition) is 6. The molecular weight excluding hydrogens is 396 g/mol. The molecule has 0 saturated carbocycles. The lowest BCUT2D eigenvalue weighted by molar-refractivity contribution is 0.201. The third kappa shape index (κ3) is 7.86. The molecule has 7 nitrogen and oxygen atoms in total. The number of ether oxygens (including phenoxy) is 1. The molecule has 2 rings (SSSR count). The lowest BCUT2D eigenvalue weighted by Crippen LogP contribution is -2.20. The van der Waals surface area contributed by atoms with Crippen LogP contribution in [0, 0.1) is 0 Å². The zero-order valence-electron chi connectivity index (χ0n) is 15.9. The van der Waals surface area contributed by atoms with E-state index in [1.165, 1.54) is 24.3 Å². The number of phenolic OH excluding ortho intramolecular Hbond substituents is 1. The highest BCUT2D eigenvalue weighted by molar-refractivity contribution is 7.86. The van der Waals surface area contributed by atoms with Crippen molar-refractivity contribution < 1.29 is 33.0 Å². The highest BCUT2D eigenvalue weighted by Gasteiger charge is 2.21. The molecule has 0 aliphatic rings. The summed E-state index contributed by atoms with van der Waals surface area (Å²) in [5, 5.41) is 27.1. The highest BCUT2D eigenvalue weighted by Crippen LogP contribution is 2.20. The summed E-state index contributed by atoms with van der Waals surface area (Å²) < 4.78 is 38.2. The van der Waals surface area contributed by atoms with E-state index in [4.69, 9.17) is 9.84 Å². The van der Waals surface area contributed by atoms with Gasteiger partial charge in [-0.2, -0.15) is 8.42 Å². The van der Waals surface area contributed by atoms with Crippen molar-refractivity contribution in [1.29, 1.82) is 0 Å². The van der Waals surface area contributed by atoms with E-state index in [9.17, 15) is 23.2 Å². The number of aliphatic hydroxyl groups excluding tert-OH is 2. The van der Waals surface area contributed by atoms with Crippen LogP contribution in [0.15, 0.2) is 60.7 Å². The van der Waals surface area contributed by atoms with E-state index in [1.807, 2.05) is 0 Å². The summed E-state index contributed by atoms with van der Waals surface area (Å²) in [6.45, 7) is 0.124. The van der Waals surface area contributed by atoms with E-state index in [2.05, 4.69) is 0 Å². The summed E-state index contributed by atoms with van der Waals surface area (Å²) in [4.78, 5) is 0. The molecule has 0 spiro atoms. The van der Waals surface area contributed by atoms with Crippen molar-refractivity contribution in [2.24, 2.45) is 0 Å². The van der Waals surface area contributed by atoms with Crippen molar-refractivity contribution in [2.75, 3.05) is 13.2 Å². The van der Waals surface area contributed by atoms with E-state index in [1.54, 1.807) is 36.4 Å². The molecule has 0 aromatic heterocycles. The van der Waals surface area contributed by atoms with Crippen molar-refractivity contribution in [3.63, 3.8) is 0 Å². The van der Waals surface area contributed by atoms with Gasteiger partial charge in [-0.1, -0.05) is 36.4 Å². The van der Waals surface area contributed by atoms with Crippen LogP contribution in [0.3, 0.4) is 0 Å². The number of aliphatic hydroxyl groups is 2.